The first-order chi connectivity index (χ1) is 14.0. The number of halogens is 3. The van der Waals surface area contributed by atoms with Gasteiger partial charge in [0.15, 0.2) is 0 Å². The van der Waals surface area contributed by atoms with E-state index in [0.29, 0.717) is 29.8 Å². The Hall–Kier alpha value is -2.58. The third-order valence-corrected chi connectivity index (χ3v) is 5.43. The van der Waals surface area contributed by atoms with E-state index in [2.05, 4.69) is 5.32 Å². The molecule has 0 saturated carbocycles. The number of nitrogens with two attached hydrogens (primary N) is 1. The van der Waals surface area contributed by atoms with Gasteiger partial charge in [0.1, 0.15) is 24.8 Å². The number of anilines is 1. The van der Waals surface area contributed by atoms with Crippen molar-refractivity contribution in [1.29, 1.82) is 0 Å². The van der Waals surface area contributed by atoms with Gasteiger partial charge in [-0.05, 0) is 35.2 Å². The zero-order chi connectivity index (χ0) is 20.5. The lowest BCUT2D eigenvalue weighted by Crippen LogP contribution is -2.37. The SMILES string of the molecule is NCC1OC(=O)N2c3cc(F)c(-c4ccc(CNCC(F)CF)cc4)cc3C[C@@H]12. The minimum absolute atomic E-state index is 0.0540. The van der Waals surface area contributed by atoms with Crippen LogP contribution in [0.25, 0.3) is 11.1 Å². The molecular formula is C21H22F3N3O2. The standard InChI is InChI=1S/C21H22F3N3O2/c22-8-15(23)11-26-10-12-1-3-13(4-2-12)16-5-14-6-19-20(9-25)29-21(28)27(19)18(14)7-17(16)24/h1-5,7,15,19-20,26H,6,8-11,25H2/t15?,19-,20?/m0/s1. The lowest BCUT2D eigenvalue weighted by Gasteiger charge is -2.15. The van der Waals surface area contributed by atoms with Gasteiger partial charge in [0.25, 0.3) is 0 Å². The Labute approximate surface area is 166 Å². The number of nitrogens with zero attached hydrogens (tertiary/aromatic N) is 1. The molecule has 4 rings (SSSR count). The fourth-order valence-electron chi connectivity index (χ4n) is 3.94. The number of rotatable bonds is 7. The van der Waals surface area contributed by atoms with E-state index in [1.54, 1.807) is 18.2 Å². The van der Waals surface area contributed by atoms with Gasteiger partial charge in [0.2, 0.25) is 0 Å². The van der Waals surface area contributed by atoms with Crippen LogP contribution in [-0.4, -0.2) is 44.2 Å². The van der Waals surface area contributed by atoms with E-state index in [0.717, 1.165) is 11.1 Å². The molecule has 3 N–H and O–H groups in total. The van der Waals surface area contributed by atoms with E-state index < -0.39 is 30.9 Å². The number of carbonyl (C=O) groups excluding carboxylic acids is 1. The van der Waals surface area contributed by atoms with Crippen LogP contribution in [0.15, 0.2) is 36.4 Å². The summed E-state index contributed by atoms with van der Waals surface area (Å²) in [6, 6.07) is 10.2. The quantitative estimate of drug-likeness (QED) is 0.743. The van der Waals surface area contributed by atoms with Crippen molar-refractivity contribution in [3.63, 3.8) is 0 Å². The zero-order valence-corrected chi connectivity index (χ0v) is 15.7. The third kappa shape index (κ3) is 3.70. The Morgan fingerprint density at radius 3 is 2.72 bits per heavy atom. The Balaban J connectivity index is 1.52. The zero-order valence-electron chi connectivity index (χ0n) is 15.7. The lowest BCUT2D eigenvalue weighted by molar-refractivity contribution is 0.135. The second-order valence-corrected chi connectivity index (χ2v) is 7.34. The minimum Gasteiger partial charge on any atom is -0.442 e. The molecule has 0 radical (unpaired) electrons. The number of alkyl halides is 2. The lowest BCUT2D eigenvalue weighted by atomic mass is 9.98. The molecule has 0 aromatic heterocycles. The second-order valence-electron chi connectivity index (χ2n) is 7.34. The van der Waals surface area contributed by atoms with Gasteiger partial charge < -0.3 is 15.8 Å². The summed E-state index contributed by atoms with van der Waals surface area (Å²) < 4.78 is 45.1. The van der Waals surface area contributed by atoms with Crippen LogP contribution in [0.1, 0.15) is 11.1 Å². The van der Waals surface area contributed by atoms with Crippen molar-refractivity contribution in [2.24, 2.45) is 5.73 Å². The smallest absolute Gasteiger partial charge is 0.415 e. The summed E-state index contributed by atoms with van der Waals surface area (Å²) >= 11 is 0. The highest BCUT2D eigenvalue weighted by Crippen LogP contribution is 2.41. The highest BCUT2D eigenvalue weighted by Gasteiger charge is 2.47. The van der Waals surface area contributed by atoms with E-state index in [9.17, 15) is 18.0 Å². The van der Waals surface area contributed by atoms with Crippen molar-refractivity contribution in [3.05, 3.63) is 53.3 Å². The van der Waals surface area contributed by atoms with Gasteiger partial charge in [0.05, 0.1) is 11.7 Å². The van der Waals surface area contributed by atoms with Crippen LogP contribution in [0.3, 0.4) is 0 Å². The van der Waals surface area contributed by atoms with E-state index in [-0.39, 0.29) is 19.1 Å². The van der Waals surface area contributed by atoms with Crippen molar-refractivity contribution in [2.75, 3.05) is 24.7 Å². The topological polar surface area (TPSA) is 67.6 Å². The Morgan fingerprint density at radius 1 is 1.28 bits per heavy atom. The van der Waals surface area contributed by atoms with Crippen molar-refractivity contribution >= 4 is 11.8 Å². The van der Waals surface area contributed by atoms with Crippen LogP contribution < -0.4 is 16.0 Å². The van der Waals surface area contributed by atoms with Gasteiger partial charge in [-0.1, -0.05) is 24.3 Å². The Morgan fingerprint density at radius 2 is 2.03 bits per heavy atom. The number of carbonyl (C=O) groups is 1. The molecule has 0 bridgehead atoms. The molecule has 8 heteroatoms. The van der Waals surface area contributed by atoms with Crippen LogP contribution >= 0.6 is 0 Å². The number of amides is 1. The summed E-state index contributed by atoms with van der Waals surface area (Å²) in [4.78, 5) is 13.6. The molecule has 2 aromatic carbocycles. The van der Waals surface area contributed by atoms with E-state index in [4.69, 9.17) is 10.5 Å². The normalized spacial score (nSPS) is 21.1. The fourth-order valence-corrected chi connectivity index (χ4v) is 3.94. The van der Waals surface area contributed by atoms with Crippen LogP contribution in [-0.2, 0) is 17.7 Å². The maximum absolute atomic E-state index is 14.8. The summed E-state index contributed by atoms with van der Waals surface area (Å²) in [6.07, 6.45) is -1.83. The first kappa shape index (κ1) is 19.7. The molecule has 2 unspecified atom stereocenters. The average Bonchev–Trinajstić information content (AvgIpc) is 3.24. The van der Waals surface area contributed by atoms with Crippen molar-refractivity contribution in [2.45, 2.75) is 31.3 Å². The van der Waals surface area contributed by atoms with Gasteiger partial charge >= 0.3 is 6.09 Å². The maximum atomic E-state index is 14.8. The van der Waals surface area contributed by atoms with Gasteiger partial charge in [-0.2, -0.15) is 0 Å². The fraction of sp³-hybridized carbons (Fsp3) is 0.381. The first-order valence-electron chi connectivity index (χ1n) is 9.54. The minimum atomic E-state index is -1.51. The van der Waals surface area contributed by atoms with Gasteiger partial charge in [-0.3, -0.25) is 4.90 Å². The molecule has 1 saturated heterocycles. The second kappa shape index (κ2) is 8.04. The Bertz CT molecular complexity index is 907. The number of hydrogen-bond donors (Lipinski definition) is 2. The number of fused-ring (bicyclic) bond motifs is 3. The number of nitrogens with one attached hydrogen (secondary N) is 1. The van der Waals surface area contributed by atoms with Crippen LogP contribution in [0.4, 0.5) is 23.7 Å². The van der Waals surface area contributed by atoms with Crippen molar-refractivity contribution in [1.82, 2.24) is 5.32 Å². The molecule has 5 nitrogen and oxygen atoms in total. The molecule has 2 heterocycles. The van der Waals surface area contributed by atoms with Crippen molar-refractivity contribution in [3.8, 4) is 11.1 Å². The predicted molar refractivity (Wildman–Crippen MR) is 104 cm³/mol. The number of hydrogen-bond acceptors (Lipinski definition) is 4. The average molecular weight is 405 g/mol. The van der Waals surface area contributed by atoms with Gasteiger partial charge in [-0.15, -0.1) is 0 Å². The van der Waals surface area contributed by atoms with Gasteiger partial charge in [-0.25, -0.2) is 18.0 Å². The molecule has 3 atom stereocenters. The summed E-state index contributed by atoms with van der Waals surface area (Å²) in [5, 5.41) is 2.84. The number of cyclic esters (lactones) is 1. The number of benzene rings is 2. The monoisotopic (exact) mass is 405 g/mol. The molecule has 1 amide bonds. The highest BCUT2D eigenvalue weighted by atomic mass is 19.2. The van der Waals surface area contributed by atoms with Gasteiger partial charge in [0, 0.05) is 25.2 Å². The molecular weight excluding hydrogens is 383 g/mol. The van der Waals surface area contributed by atoms with Crippen LogP contribution in [0, 0.1) is 5.82 Å². The molecule has 2 aliphatic heterocycles. The Kier molecular flexibility index (Phi) is 5.47. The molecule has 0 aliphatic carbocycles. The molecule has 0 spiro atoms. The molecule has 154 valence electrons. The largest absolute Gasteiger partial charge is 0.442 e. The van der Waals surface area contributed by atoms with E-state index in [1.165, 1.54) is 11.0 Å². The summed E-state index contributed by atoms with van der Waals surface area (Å²) in [7, 11) is 0. The number of ether oxygens (including phenoxy) is 1. The van der Waals surface area contributed by atoms with Crippen LogP contribution in [0.2, 0.25) is 0 Å². The summed E-state index contributed by atoms with van der Waals surface area (Å²) in [6.45, 7) is -0.444. The summed E-state index contributed by atoms with van der Waals surface area (Å²) in [5.74, 6) is -0.428. The molecule has 29 heavy (non-hydrogen) atoms. The van der Waals surface area contributed by atoms with Crippen molar-refractivity contribution < 1.29 is 22.7 Å². The first-order valence-corrected chi connectivity index (χ1v) is 9.54. The molecule has 2 aliphatic rings. The summed E-state index contributed by atoms with van der Waals surface area (Å²) in [5.41, 5.74) is 9.14. The van der Waals surface area contributed by atoms with E-state index >= 15 is 0 Å². The van der Waals surface area contributed by atoms with E-state index in [1.807, 2.05) is 12.1 Å². The molecule has 1 fully saturated rings. The predicted octanol–water partition coefficient (Wildman–Crippen LogP) is 3.10. The maximum Gasteiger partial charge on any atom is 0.415 e. The molecule has 2 aromatic rings. The van der Waals surface area contributed by atoms with Crippen LogP contribution in [0.5, 0.6) is 0 Å². The highest BCUT2D eigenvalue weighted by molar-refractivity contribution is 5.94. The third-order valence-electron chi connectivity index (χ3n) is 5.43.